The van der Waals surface area contributed by atoms with Crippen molar-refractivity contribution in [2.45, 2.75) is 31.9 Å². The number of benzene rings is 1. The third-order valence-electron chi connectivity index (χ3n) is 2.85. The smallest absolute Gasteiger partial charge is 0.251 e. The number of rotatable bonds is 7. The molecule has 0 spiro atoms. The molecule has 0 radical (unpaired) electrons. The molecule has 1 aromatic rings. The number of nitrogens with one attached hydrogen (secondary N) is 2. The molecule has 1 rings (SSSR count). The number of carbonyl (C=O) groups excluding carboxylic acids is 2. The van der Waals surface area contributed by atoms with Crippen LogP contribution in [-0.4, -0.2) is 29.9 Å². The lowest BCUT2D eigenvalue weighted by atomic mass is 10.2. The molecule has 0 aliphatic heterocycles. The summed E-state index contributed by atoms with van der Waals surface area (Å²) in [6, 6.07) is 6.94. The minimum Gasteiger partial charge on any atom is -0.355 e. The Morgan fingerprint density at radius 2 is 2.10 bits per heavy atom. The van der Waals surface area contributed by atoms with Crippen molar-refractivity contribution >= 4 is 29.3 Å². The summed E-state index contributed by atoms with van der Waals surface area (Å²) in [6.07, 6.45) is 2.25. The topological polar surface area (TPSA) is 58.2 Å². The lowest BCUT2D eigenvalue weighted by molar-refractivity contribution is -0.115. The van der Waals surface area contributed by atoms with Crippen molar-refractivity contribution in [2.75, 3.05) is 18.1 Å². The zero-order valence-electron chi connectivity index (χ0n) is 12.2. The quantitative estimate of drug-likeness (QED) is 0.760. The van der Waals surface area contributed by atoms with Crippen LogP contribution in [0.3, 0.4) is 0 Å². The average Bonchev–Trinajstić information content (AvgIpc) is 2.46. The molecule has 5 heteroatoms. The Bertz CT molecular complexity index is 463. The van der Waals surface area contributed by atoms with Gasteiger partial charge < -0.3 is 10.6 Å². The second kappa shape index (κ2) is 8.64. The highest BCUT2D eigenvalue weighted by Crippen LogP contribution is 2.16. The van der Waals surface area contributed by atoms with Crippen LogP contribution in [0.15, 0.2) is 24.3 Å². The van der Waals surface area contributed by atoms with E-state index in [1.54, 1.807) is 43.1 Å². The number of carbonyl (C=O) groups is 2. The molecule has 0 saturated heterocycles. The van der Waals surface area contributed by atoms with Crippen LogP contribution in [0.25, 0.3) is 0 Å². The second-order valence-corrected chi connectivity index (χ2v) is 5.96. The van der Waals surface area contributed by atoms with E-state index in [2.05, 4.69) is 17.6 Å². The highest BCUT2D eigenvalue weighted by atomic mass is 32.2. The zero-order chi connectivity index (χ0) is 15.0. The number of amides is 2. The van der Waals surface area contributed by atoms with Crippen LogP contribution in [-0.2, 0) is 4.79 Å². The van der Waals surface area contributed by atoms with Crippen LogP contribution < -0.4 is 10.6 Å². The van der Waals surface area contributed by atoms with Crippen molar-refractivity contribution in [1.29, 1.82) is 0 Å². The van der Waals surface area contributed by atoms with Crippen LogP contribution in [0.5, 0.6) is 0 Å². The second-order valence-electron chi connectivity index (χ2n) is 4.52. The predicted octanol–water partition coefficient (Wildman–Crippen LogP) is 2.91. The van der Waals surface area contributed by atoms with Crippen molar-refractivity contribution in [3.05, 3.63) is 29.8 Å². The van der Waals surface area contributed by atoms with Crippen molar-refractivity contribution in [3.63, 3.8) is 0 Å². The molecule has 110 valence electrons. The lowest BCUT2D eigenvalue weighted by Gasteiger charge is -2.12. The highest BCUT2D eigenvalue weighted by Gasteiger charge is 2.13. The highest BCUT2D eigenvalue weighted by molar-refractivity contribution is 8.00. The third-order valence-corrected chi connectivity index (χ3v) is 4.09. The first-order valence-corrected chi connectivity index (χ1v) is 7.88. The van der Waals surface area contributed by atoms with E-state index < -0.39 is 0 Å². The van der Waals surface area contributed by atoms with Crippen LogP contribution in [0, 0.1) is 0 Å². The standard InChI is InChI=1S/C15H22N2O2S/c1-4-5-9-20-11(2)14(18)17-13-8-6-7-12(10-13)15(19)16-3/h6-8,10-11H,4-5,9H2,1-3H3,(H,16,19)(H,17,18). The average molecular weight is 294 g/mol. The molecular formula is C15H22N2O2S. The summed E-state index contributed by atoms with van der Waals surface area (Å²) in [5.41, 5.74) is 1.19. The fraction of sp³-hybridized carbons (Fsp3) is 0.467. The number of thioether (sulfide) groups is 1. The molecule has 0 aliphatic rings. The van der Waals surface area contributed by atoms with E-state index in [0.717, 1.165) is 18.6 Å². The predicted molar refractivity (Wildman–Crippen MR) is 85.3 cm³/mol. The maximum atomic E-state index is 12.0. The summed E-state index contributed by atoms with van der Waals surface area (Å²) in [7, 11) is 1.58. The van der Waals surface area contributed by atoms with Gasteiger partial charge in [0, 0.05) is 18.3 Å². The summed E-state index contributed by atoms with van der Waals surface area (Å²) >= 11 is 1.65. The van der Waals surface area contributed by atoms with E-state index in [1.165, 1.54) is 0 Å². The Morgan fingerprint density at radius 1 is 1.35 bits per heavy atom. The van der Waals surface area contributed by atoms with Crippen LogP contribution >= 0.6 is 11.8 Å². The SMILES string of the molecule is CCCCSC(C)C(=O)Nc1cccc(C(=O)NC)c1. The van der Waals surface area contributed by atoms with Gasteiger partial charge >= 0.3 is 0 Å². The van der Waals surface area contributed by atoms with E-state index in [4.69, 9.17) is 0 Å². The van der Waals surface area contributed by atoms with E-state index in [-0.39, 0.29) is 17.1 Å². The van der Waals surface area contributed by atoms with Crippen LogP contribution in [0.1, 0.15) is 37.0 Å². The molecule has 2 N–H and O–H groups in total. The fourth-order valence-corrected chi connectivity index (χ4v) is 2.63. The number of anilines is 1. The van der Waals surface area contributed by atoms with Gasteiger partial charge in [-0.15, -0.1) is 11.8 Å². The van der Waals surface area contributed by atoms with Gasteiger partial charge in [-0.1, -0.05) is 19.4 Å². The minimum absolute atomic E-state index is 0.0276. The molecule has 2 amide bonds. The van der Waals surface area contributed by atoms with Crippen molar-refractivity contribution in [1.82, 2.24) is 5.32 Å². The largest absolute Gasteiger partial charge is 0.355 e. The maximum Gasteiger partial charge on any atom is 0.251 e. The summed E-state index contributed by atoms with van der Waals surface area (Å²) in [5, 5.41) is 5.32. The molecule has 0 bridgehead atoms. The fourth-order valence-electron chi connectivity index (χ4n) is 1.61. The number of hydrogen-bond acceptors (Lipinski definition) is 3. The minimum atomic E-state index is -0.161. The van der Waals surface area contributed by atoms with Gasteiger partial charge in [0.25, 0.3) is 5.91 Å². The van der Waals surface area contributed by atoms with Gasteiger partial charge in [-0.25, -0.2) is 0 Å². The maximum absolute atomic E-state index is 12.0. The van der Waals surface area contributed by atoms with Crippen molar-refractivity contribution in [3.8, 4) is 0 Å². The first kappa shape index (κ1) is 16.6. The molecule has 0 aliphatic carbocycles. The Morgan fingerprint density at radius 3 is 2.75 bits per heavy atom. The Balaban J connectivity index is 2.59. The number of hydrogen-bond donors (Lipinski definition) is 2. The molecule has 4 nitrogen and oxygen atoms in total. The van der Waals surface area contributed by atoms with E-state index in [0.29, 0.717) is 11.3 Å². The van der Waals surface area contributed by atoms with E-state index in [9.17, 15) is 9.59 Å². The van der Waals surface area contributed by atoms with Crippen molar-refractivity contribution < 1.29 is 9.59 Å². The summed E-state index contributed by atoms with van der Waals surface area (Å²) in [5.74, 6) is 0.801. The Hall–Kier alpha value is -1.49. The molecule has 0 saturated carbocycles. The van der Waals surface area contributed by atoms with Gasteiger partial charge in [0.1, 0.15) is 0 Å². The summed E-state index contributed by atoms with van der Waals surface area (Å²) in [6.45, 7) is 4.04. The van der Waals surface area contributed by atoms with E-state index in [1.807, 2.05) is 6.92 Å². The van der Waals surface area contributed by atoms with Crippen molar-refractivity contribution in [2.24, 2.45) is 0 Å². The first-order chi connectivity index (χ1) is 9.58. The monoisotopic (exact) mass is 294 g/mol. The molecule has 1 atom stereocenters. The van der Waals surface area contributed by atoms with Gasteiger partial charge in [-0.05, 0) is 37.3 Å². The molecule has 1 aromatic carbocycles. The Labute approximate surface area is 124 Å². The molecule has 1 unspecified atom stereocenters. The molecule has 0 heterocycles. The van der Waals surface area contributed by atoms with Gasteiger partial charge in [0.05, 0.1) is 5.25 Å². The summed E-state index contributed by atoms with van der Waals surface area (Å²) in [4.78, 5) is 23.6. The van der Waals surface area contributed by atoms with Gasteiger partial charge in [-0.2, -0.15) is 0 Å². The van der Waals surface area contributed by atoms with Crippen LogP contribution in [0.2, 0.25) is 0 Å². The number of unbranched alkanes of at least 4 members (excludes halogenated alkanes) is 1. The van der Waals surface area contributed by atoms with Gasteiger partial charge in [0.2, 0.25) is 5.91 Å². The molecule has 0 fully saturated rings. The third kappa shape index (κ3) is 5.25. The Kier molecular flexibility index (Phi) is 7.15. The normalized spacial score (nSPS) is 11.8. The van der Waals surface area contributed by atoms with E-state index >= 15 is 0 Å². The summed E-state index contributed by atoms with van der Waals surface area (Å²) < 4.78 is 0. The first-order valence-electron chi connectivity index (χ1n) is 6.83. The molecular weight excluding hydrogens is 272 g/mol. The zero-order valence-corrected chi connectivity index (χ0v) is 13.0. The van der Waals surface area contributed by atoms with Crippen LogP contribution in [0.4, 0.5) is 5.69 Å². The molecule has 20 heavy (non-hydrogen) atoms. The lowest BCUT2D eigenvalue weighted by Crippen LogP contribution is -2.23. The van der Waals surface area contributed by atoms with Gasteiger partial charge in [-0.3, -0.25) is 9.59 Å². The molecule has 0 aromatic heterocycles. The van der Waals surface area contributed by atoms with Gasteiger partial charge in [0.15, 0.2) is 0 Å².